The number of nitrogens with zero attached hydrogens (tertiary/aromatic N) is 1. The van der Waals surface area contributed by atoms with Gasteiger partial charge in [0.2, 0.25) is 0 Å². The molecule has 0 fully saturated rings. The maximum absolute atomic E-state index is 14.2. The van der Waals surface area contributed by atoms with Gasteiger partial charge in [0.1, 0.15) is 5.70 Å². The van der Waals surface area contributed by atoms with Crippen LogP contribution < -0.4 is 5.32 Å². The van der Waals surface area contributed by atoms with Crippen LogP contribution in [0, 0.1) is 0 Å². The summed E-state index contributed by atoms with van der Waals surface area (Å²) in [5.41, 5.74) is -8.65. The third kappa shape index (κ3) is 4.01. The first-order valence-electron chi connectivity index (χ1n) is 7.42. The summed E-state index contributed by atoms with van der Waals surface area (Å²) in [5, 5.41) is 9.29. The minimum atomic E-state index is -6.37. The second-order valence-electron chi connectivity index (χ2n) is 5.67. The first-order valence-corrected chi connectivity index (χ1v) is 8.18. The van der Waals surface area contributed by atoms with Crippen LogP contribution in [-0.4, -0.2) is 47.3 Å². The molecule has 0 aliphatic carbocycles. The fourth-order valence-corrected chi connectivity index (χ4v) is 3.01. The molecule has 1 aliphatic heterocycles. The molecule has 14 heteroatoms. The average molecular weight is 469 g/mol. The van der Waals surface area contributed by atoms with Crippen LogP contribution in [0.25, 0.3) is 0 Å². The molecule has 0 aromatic heterocycles. The molecule has 2 N–H and O–H groups in total. The van der Waals surface area contributed by atoms with Crippen molar-refractivity contribution < 1.29 is 45.4 Å². The highest BCUT2D eigenvalue weighted by Gasteiger charge is 2.73. The molecule has 2 rings (SSSR count). The maximum atomic E-state index is 14.2. The third-order valence-corrected chi connectivity index (χ3v) is 4.41. The van der Waals surface area contributed by atoms with E-state index >= 15 is 0 Å². The fourth-order valence-electron chi connectivity index (χ4n) is 2.42. The second-order valence-corrected chi connectivity index (χ2v) is 6.48. The number of anilines is 1. The summed E-state index contributed by atoms with van der Waals surface area (Å²) in [6.45, 7) is -0.913. The largest absolute Gasteiger partial charge is 0.435 e. The van der Waals surface area contributed by atoms with Crippen LogP contribution in [0.3, 0.4) is 0 Å². The number of alkyl halides is 7. The van der Waals surface area contributed by atoms with Crippen molar-refractivity contribution in [2.75, 3.05) is 18.5 Å². The summed E-state index contributed by atoms with van der Waals surface area (Å²) in [5.74, 6) is -1.79. The Morgan fingerprint density at radius 2 is 1.45 bits per heavy atom. The van der Waals surface area contributed by atoms with E-state index in [4.69, 9.17) is 28.3 Å². The standard InChI is InChI=1S/C15H9Cl2F7N2O3/c16-7-3-6(13(18,14(19,20)21)15(22,23)24)4-8(17)11(7)25-9-5-10(28)26(1-2-27)12(9)29/h3-5,25,27H,1-2H2. The Morgan fingerprint density at radius 1 is 0.966 bits per heavy atom. The quantitative estimate of drug-likeness (QED) is 0.507. The lowest BCUT2D eigenvalue weighted by Gasteiger charge is -2.30. The number of aliphatic hydroxyl groups excluding tert-OH is 1. The molecule has 1 aromatic rings. The molecule has 0 radical (unpaired) electrons. The number of aliphatic hydroxyl groups is 1. The summed E-state index contributed by atoms with van der Waals surface area (Å²) in [6, 6.07) is 0.119. The van der Waals surface area contributed by atoms with Crippen LogP contribution >= 0.6 is 23.2 Å². The highest BCUT2D eigenvalue weighted by atomic mass is 35.5. The number of benzene rings is 1. The van der Waals surface area contributed by atoms with Crippen molar-refractivity contribution >= 4 is 40.7 Å². The number of hydrogen-bond donors (Lipinski definition) is 2. The van der Waals surface area contributed by atoms with Crippen LogP contribution in [-0.2, 0) is 15.3 Å². The first kappa shape index (κ1) is 23.2. The van der Waals surface area contributed by atoms with Crippen molar-refractivity contribution in [3.05, 3.63) is 39.5 Å². The lowest BCUT2D eigenvalue weighted by atomic mass is 9.94. The third-order valence-electron chi connectivity index (χ3n) is 3.81. The van der Waals surface area contributed by atoms with E-state index in [0.29, 0.717) is 4.90 Å². The molecule has 0 atom stereocenters. The summed E-state index contributed by atoms with van der Waals surface area (Å²) in [4.78, 5) is 24.3. The molecule has 160 valence electrons. The van der Waals surface area contributed by atoms with E-state index in [-0.39, 0.29) is 18.7 Å². The van der Waals surface area contributed by atoms with Gasteiger partial charge in [0.25, 0.3) is 11.8 Å². The highest BCUT2D eigenvalue weighted by molar-refractivity contribution is 6.39. The molecule has 5 nitrogen and oxygen atoms in total. The van der Waals surface area contributed by atoms with Crippen LogP contribution in [0.5, 0.6) is 0 Å². The number of halogens is 9. The Bertz CT molecular complexity index is 847. The lowest BCUT2D eigenvalue weighted by Crippen LogP contribution is -2.50. The molecule has 0 saturated heterocycles. The highest BCUT2D eigenvalue weighted by Crippen LogP contribution is 2.54. The predicted molar refractivity (Wildman–Crippen MR) is 86.9 cm³/mol. The number of imide groups is 1. The van der Waals surface area contributed by atoms with Gasteiger partial charge in [0, 0.05) is 11.6 Å². The van der Waals surface area contributed by atoms with E-state index in [2.05, 4.69) is 5.32 Å². The topological polar surface area (TPSA) is 69.6 Å². The number of hydrogen-bond acceptors (Lipinski definition) is 4. The summed E-state index contributed by atoms with van der Waals surface area (Å²) < 4.78 is 91.4. The lowest BCUT2D eigenvalue weighted by molar-refractivity contribution is -0.348. The summed E-state index contributed by atoms with van der Waals surface area (Å²) in [7, 11) is 0. The van der Waals surface area contributed by atoms with Crippen LogP contribution in [0.15, 0.2) is 23.9 Å². The Hall–Kier alpha value is -2.05. The van der Waals surface area contributed by atoms with Crippen molar-refractivity contribution in [3.8, 4) is 0 Å². The molecule has 1 aliphatic rings. The zero-order valence-electron chi connectivity index (χ0n) is 13.8. The molecular formula is C15H9Cl2F7N2O3. The molecular weight excluding hydrogens is 460 g/mol. The van der Waals surface area contributed by atoms with Gasteiger partial charge in [-0.15, -0.1) is 0 Å². The van der Waals surface area contributed by atoms with Gasteiger partial charge in [-0.05, 0) is 12.1 Å². The zero-order chi connectivity index (χ0) is 22.4. The van der Waals surface area contributed by atoms with Crippen molar-refractivity contribution in [2.45, 2.75) is 18.0 Å². The number of nitrogens with one attached hydrogen (secondary N) is 1. The predicted octanol–water partition coefficient (Wildman–Crippen LogP) is 3.94. The Balaban J connectivity index is 2.47. The molecule has 29 heavy (non-hydrogen) atoms. The van der Waals surface area contributed by atoms with E-state index in [0.717, 1.165) is 6.08 Å². The minimum absolute atomic E-state index is 0.0596. The molecule has 0 bridgehead atoms. The summed E-state index contributed by atoms with van der Waals surface area (Å²) >= 11 is 11.4. The number of amides is 2. The molecule has 0 spiro atoms. The normalized spacial score (nSPS) is 15.8. The number of rotatable bonds is 5. The monoisotopic (exact) mass is 468 g/mol. The van der Waals surface area contributed by atoms with Crippen molar-refractivity contribution in [2.24, 2.45) is 0 Å². The van der Waals surface area contributed by atoms with Crippen molar-refractivity contribution in [3.63, 3.8) is 0 Å². The van der Waals surface area contributed by atoms with E-state index in [9.17, 15) is 40.3 Å². The summed E-state index contributed by atoms with van der Waals surface area (Å²) in [6.07, 6.45) is -12.0. The molecule has 0 unspecified atom stereocenters. The fraction of sp³-hybridized carbons (Fsp3) is 0.333. The van der Waals surface area contributed by atoms with E-state index < -0.39 is 63.4 Å². The Kier molecular flexibility index (Phi) is 6.13. The van der Waals surface area contributed by atoms with Crippen LogP contribution in [0.2, 0.25) is 10.0 Å². The maximum Gasteiger partial charge on any atom is 0.435 e. The molecule has 2 amide bonds. The number of carbonyl (C=O) groups is 2. The average Bonchev–Trinajstić information content (AvgIpc) is 2.83. The number of carbonyl (C=O) groups excluding carboxylic acids is 2. The van der Waals surface area contributed by atoms with Gasteiger partial charge in [-0.25, -0.2) is 4.39 Å². The Morgan fingerprint density at radius 3 is 1.86 bits per heavy atom. The van der Waals surface area contributed by atoms with Gasteiger partial charge in [0.15, 0.2) is 0 Å². The van der Waals surface area contributed by atoms with Gasteiger partial charge in [-0.3, -0.25) is 14.5 Å². The SMILES string of the molecule is O=C1C=C(Nc2c(Cl)cc(C(F)(C(F)(F)F)C(F)(F)F)cc2Cl)C(=O)N1CCO. The zero-order valence-corrected chi connectivity index (χ0v) is 15.3. The van der Waals surface area contributed by atoms with Crippen molar-refractivity contribution in [1.82, 2.24) is 4.90 Å². The van der Waals surface area contributed by atoms with E-state index in [1.165, 1.54) is 0 Å². The van der Waals surface area contributed by atoms with Crippen LogP contribution in [0.4, 0.5) is 36.4 Å². The van der Waals surface area contributed by atoms with Gasteiger partial charge in [-0.2, -0.15) is 26.3 Å². The van der Waals surface area contributed by atoms with E-state index in [1.807, 2.05) is 0 Å². The second kappa shape index (κ2) is 7.65. The van der Waals surface area contributed by atoms with Gasteiger partial charge >= 0.3 is 18.0 Å². The van der Waals surface area contributed by atoms with Crippen molar-refractivity contribution in [1.29, 1.82) is 0 Å². The van der Waals surface area contributed by atoms with Gasteiger partial charge < -0.3 is 10.4 Å². The van der Waals surface area contributed by atoms with Gasteiger partial charge in [-0.1, -0.05) is 23.2 Å². The Labute approximate surface area is 167 Å². The molecule has 1 heterocycles. The molecule has 0 saturated carbocycles. The minimum Gasteiger partial charge on any atom is -0.395 e. The number of β-amino-alcohol motifs (C(OH)–C–C–N with tert-alkyl or cyclic N) is 1. The van der Waals surface area contributed by atoms with Gasteiger partial charge in [0.05, 0.1) is 28.9 Å². The van der Waals surface area contributed by atoms with Crippen LogP contribution in [0.1, 0.15) is 5.56 Å². The first-order chi connectivity index (χ1) is 13.1. The molecule has 1 aromatic carbocycles. The smallest absolute Gasteiger partial charge is 0.395 e. The van der Waals surface area contributed by atoms with E-state index in [1.54, 1.807) is 0 Å².